The number of hydrogen-bond donors (Lipinski definition) is 2. The van der Waals surface area contributed by atoms with Gasteiger partial charge in [0.2, 0.25) is 0 Å². The van der Waals surface area contributed by atoms with Crippen LogP contribution >= 0.6 is 47.1 Å². The van der Waals surface area contributed by atoms with Crippen molar-refractivity contribution in [2.45, 2.75) is 42.6 Å². The molecule has 3 N–H and O–H groups in total. The van der Waals surface area contributed by atoms with E-state index in [-0.39, 0.29) is 24.0 Å². The number of rotatable bonds is 4. The maximum atomic E-state index is 5.83. The zero-order chi connectivity index (χ0) is 12.1. The van der Waals surface area contributed by atoms with E-state index in [0.717, 1.165) is 9.35 Å². The zero-order valence-corrected chi connectivity index (χ0v) is 14.2. The van der Waals surface area contributed by atoms with Gasteiger partial charge in [-0.15, -0.1) is 34.2 Å². The normalized spacial score (nSPS) is 16.6. The Morgan fingerprint density at radius 3 is 2.83 bits per heavy atom. The molecule has 1 fully saturated rings. The van der Waals surface area contributed by atoms with E-state index in [1.165, 1.54) is 25.7 Å². The maximum absolute atomic E-state index is 5.83. The largest absolute Gasteiger partial charge is 0.370 e. The first-order chi connectivity index (χ1) is 8.28. The fraction of sp³-hybridized carbons (Fsp3) is 0.700. The molecule has 0 spiro atoms. The summed E-state index contributed by atoms with van der Waals surface area (Å²) < 4.78 is 0.970. The molecule has 102 valence electrons. The average Bonchev–Trinajstić information content (AvgIpc) is 2.96. The van der Waals surface area contributed by atoms with Crippen LogP contribution in [0.2, 0.25) is 0 Å². The predicted molar refractivity (Wildman–Crippen MR) is 87.8 cm³/mol. The van der Waals surface area contributed by atoms with Crippen molar-refractivity contribution in [3.8, 4) is 0 Å². The highest BCUT2D eigenvalue weighted by molar-refractivity contribution is 14.0. The van der Waals surface area contributed by atoms with Gasteiger partial charge in [-0.05, 0) is 19.1 Å². The van der Waals surface area contributed by atoms with Crippen molar-refractivity contribution in [2.24, 2.45) is 10.7 Å². The van der Waals surface area contributed by atoms with Crippen LogP contribution in [0.25, 0.3) is 0 Å². The molecule has 1 saturated carbocycles. The number of nitrogens with two attached hydrogens (primary N) is 1. The molecule has 0 radical (unpaired) electrons. The molecule has 1 aliphatic rings. The van der Waals surface area contributed by atoms with E-state index in [4.69, 9.17) is 5.73 Å². The van der Waals surface area contributed by atoms with Crippen molar-refractivity contribution in [2.75, 3.05) is 6.26 Å². The second-order valence-corrected chi connectivity index (χ2v) is 6.11. The molecule has 1 aromatic rings. The first-order valence-corrected chi connectivity index (χ1v) is 7.75. The standard InChI is InChI=1S/C10H17N5S2.HI/c1-16-10-15-14-8(17-10)6-12-9(11)13-7-4-2-3-5-7;/h7H,2-6H2,1H3,(H3,11,12,13);1H. The minimum Gasteiger partial charge on any atom is -0.370 e. The molecule has 0 bridgehead atoms. The summed E-state index contributed by atoms with van der Waals surface area (Å²) in [6, 6.07) is 0.509. The van der Waals surface area contributed by atoms with Gasteiger partial charge in [-0.1, -0.05) is 35.9 Å². The highest BCUT2D eigenvalue weighted by Crippen LogP contribution is 2.20. The number of thioether (sulfide) groups is 1. The van der Waals surface area contributed by atoms with E-state index in [2.05, 4.69) is 20.5 Å². The summed E-state index contributed by atoms with van der Waals surface area (Å²) in [7, 11) is 0. The Morgan fingerprint density at radius 1 is 1.50 bits per heavy atom. The molecule has 5 nitrogen and oxygen atoms in total. The monoisotopic (exact) mass is 399 g/mol. The highest BCUT2D eigenvalue weighted by atomic mass is 127. The summed E-state index contributed by atoms with van der Waals surface area (Å²) in [5.74, 6) is 0.526. The summed E-state index contributed by atoms with van der Waals surface area (Å²) in [6.07, 6.45) is 6.97. The number of aromatic nitrogens is 2. The molecule has 1 aliphatic carbocycles. The van der Waals surface area contributed by atoms with E-state index < -0.39 is 0 Å². The predicted octanol–water partition coefficient (Wildman–Crippen LogP) is 2.22. The third-order valence-electron chi connectivity index (χ3n) is 2.71. The molecule has 18 heavy (non-hydrogen) atoms. The van der Waals surface area contributed by atoms with Crippen molar-refractivity contribution < 1.29 is 0 Å². The van der Waals surface area contributed by atoms with E-state index in [9.17, 15) is 0 Å². The van der Waals surface area contributed by atoms with E-state index in [0.29, 0.717) is 18.5 Å². The topological polar surface area (TPSA) is 76.2 Å². The number of halogens is 1. The lowest BCUT2D eigenvalue weighted by Gasteiger charge is -2.11. The molecule has 1 aromatic heterocycles. The van der Waals surface area contributed by atoms with Gasteiger partial charge in [-0.3, -0.25) is 0 Å². The molecule has 2 rings (SSSR count). The number of nitrogens with zero attached hydrogens (tertiary/aromatic N) is 3. The van der Waals surface area contributed by atoms with Gasteiger partial charge >= 0.3 is 0 Å². The minimum absolute atomic E-state index is 0. The molecule has 1 heterocycles. The van der Waals surface area contributed by atoms with Crippen LogP contribution in [0.1, 0.15) is 30.7 Å². The van der Waals surface area contributed by atoms with Crippen molar-refractivity contribution in [3.05, 3.63) is 5.01 Å². The minimum atomic E-state index is 0. The molecule has 0 aliphatic heterocycles. The number of nitrogens with one attached hydrogen (secondary N) is 1. The third kappa shape index (κ3) is 4.88. The lowest BCUT2D eigenvalue weighted by atomic mass is 10.2. The number of aliphatic imine (C=N–C) groups is 1. The molecule has 0 atom stereocenters. The summed E-state index contributed by atoms with van der Waals surface area (Å²) in [6.45, 7) is 0.518. The third-order valence-corrected chi connectivity index (χ3v) is 4.60. The lowest BCUT2D eigenvalue weighted by molar-refractivity contribution is 0.625. The summed E-state index contributed by atoms with van der Waals surface area (Å²) in [4.78, 5) is 4.29. The Kier molecular flexibility index (Phi) is 7.23. The fourth-order valence-corrected chi connectivity index (χ4v) is 3.10. The number of hydrogen-bond acceptors (Lipinski definition) is 5. The van der Waals surface area contributed by atoms with Crippen LogP contribution in [0.15, 0.2) is 9.33 Å². The van der Waals surface area contributed by atoms with E-state index >= 15 is 0 Å². The summed E-state index contributed by atoms with van der Waals surface area (Å²) >= 11 is 3.17. The van der Waals surface area contributed by atoms with Gasteiger partial charge in [-0.2, -0.15) is 0 Å². The van der Waals surface area contributed by atoms with Gasteiger partial charge in [0.15, 0.2) is 10.3 Å². The fourth-order valence-electron chi connectivity index (χ4n) is 1.86. The van der Waals surface area contributed by atoms with E-state index in [1.54, 1.807) is 23.1 Å². The molecule has 0 aromatic carbocycles. The Hall–Kier alpha value is -0.0900. The van der Waals surface area contributed by atoms with Gasteiger partial charge in [0.25, 0.3) is 0 Å². The summed E-state index contributed by atoms with van der Waals surface area (Å²) in [5, 5.41) is 12.2. The van der Waals surface area contributed by atoms with Crippen molar-refractivity contribution >= 4 is 53.0 Å². The Balaban J connectivity index is 0.00000162. The lowest BCUT2D eigenvalue weighted by Crippen LogP contribution is -2.38. The molecule has 8 heteroatoms. The molecular weight excluding hydrogens is 381 g/mol. The van der Waals surface area contributed by atoms with Gasteiger partial charge < -0.3 is 11.1 Å². The van der Waals surface area contributed by atoms with Gasteiger partial charge in [0, 0.05) is 6.04 Å². The Labute approximate surface area is 132 Å². The molecule has 0 amide bonds. The van der Waals surface area contributed by atoms with Crippen molar-refractivity contribution in [1.82, 2.24) is 15.5 Å². The van der Waals surface area contributed by atoms with Crippen molar-refractivity contribution in [1.29, 1.82) is 0 Å². The Bertz CT molecular complexity index is 389. The first kappa shape index (κ1) is 16.0. The van der Waals surface area contributed by atoms with Crippen LogP contribution in [0.3, 0.4) is 0 Å². The van der Waals surface area contributed by atoms with E-state index in [1.807, 2.05) is 6.26 Å². The van der Waals surface area contributed by atoms with Crippen LogP contribution < -0.4 is 11.1 Å². The quantitative estimate of drug-likeness (QED) is 0.352. The van der Waals surface area contributed by atoms with Gasteiger partial charge in [0.05, 0.1) is 6.54 Å². The summed E-state index contributed by atoms with van der Waals surface area (Å²) in [5.41, 5.74) is 5.83. The van der Waals surface area contributed by atoms with Crippen LogP contribution in [0.5, 0.6) is 0 Å². The van der Waals surface area contributed by atoms with Crippen LogP contribution in [-0.2, 0) is 6.54 Å². The van der Waals surface area contributed by atoms with Crippen molar-refractivity contribution in [3.63, 3.8) is 0 Å². The Morgan fingerprint density at radius 2 is 2.22 bits per heavy atom. The van der Waals surface area contributed by atoms with Gasteiger partial charge in [0.1, 0.15) is 5.01 Å². The highest BCUT2D eigenvalue weighted by Gasteiger charge is 2.14. The van der Waals surface area contributed by atoms with Crippen LogP contribution in [0.4, 0.5) is 0 Å². The number of guanidine groups is 1. The molecule has 0 saturated heterocycles. The first-order valence-electron chi connectivity index (χ1n) is 5.71. The van der Waals surface area contributed by atoms with Crippen LogP contribution in [-0.4, -0.2) is 28.5 Å². The second kappa shape index (κ2) is 8.16. The SMILES string of the molecule is CSc1nnc(CN=C(N)NC2CCCC2)s1.I. The smallest absolute Gasteiger partial charge is 0.189 e. The molecular formula is C10H18IN5S2. The van der Waals surface area contributed by atoms with Crippen LogP contribution in [0, 0.1) is 0 Å². The second-order valence-electron chi connectivity index (χ2n) is 3.99. The zero-order valence-electron chi connectivity index (χ0n) is 10.3. The van der Waals surface area contributed by atoms with Gasteiger partial charge in [-0.25, -0.2) is 4.99 Å². The molecule has 0 unspecified atom stereocenters. The maximum Gasteiger partial charge on any atom is 0.189 e. The average molecular weight is 399 g/mol.